The molecule has 0 radical (unpaired) electrons. The molecular formula is C14H14N2O3S2. The first-order valence-electron chi connectivity index (χ1n) is 6.09. The van der Waals surface area contributed by atoms with Crippen LogP contribution >= 0.6 is 23.1 Å². The number of methoxy groups -OCH3 is 1. The lowest BCUT2D eigenvalue weighted by Gasteiger charge is -2.08. The summed E-state index contributed by atoms with van der Waals surface area (Å²) >= 11 is 2.66. The van der Waals surface area contributed by atoms with Crippen molar-refractivity contribution in [3.63, 3.8) is 0 Å². The van der Waals surface area contributed by atoms with Crippen molar-refractivity contribution < 1.29 is 14.3 Å². The summed E-state index contributed by atoms with van der Waals surface area (Å²) < 4.78 is 5.20. The Labute approximate surface area is 130 Å². The maximum absolute atomic E-state index is 11.7. The molecular weight excluding hydrogens is 308 g/mol. The highest BCUT2D eigenvalue weighted by molar-refractivity contribution is 8.00. The first kappa shape index (κ1) is 15.4. The van der Waals surface area contributed by atoms with Gasteiger partial charge in [0.05, 0.1) is 17.7 Å². The molecule has 2 N–H and O–H groups in total. The Hall–Kier alpha value is -1.99. The van der Waals surface area contributed by atoms with Crippen LogP contribution in [0.15, 0.2) is 46.7 Å². The topological polar surface area (TPSA) is 67.4 Å². The van der Waals surface area contributed by atoms with Crippen LogP contribution in [0.1, 0.15) is 9.67 Å². The number of thiophene rings is 1. The van der Waals surface area contributed by atoms with Gasteiger partial charge in [0.2, 0.25) is 5.91 Å². The van der Waals surface area contributed by atoms with E-state index >= 15 is 0 Å². The lowest BCUT2D eigenvalue weighted by molar-refractivity contribution is -0.119. The number of carbonyl (C=O) groups is 2. The van der Waals surface area contributed by atoms with Gasteiger partial charge in [0, 0.05) is 4.90 Å². The average Bonchev–Trinajstić information content (AvgIpc) is 3.05. The van der Waals surface area contributed by atoms with Gasteiger partial charge in [0.1, 0.15) is 5.75 Å². The number of amides is 2. The van der Waals surface area contributed by atoms with Gasteiger partial charge in [-0.25, -0.2) is 0 Å². The van der Waals surface area contributed by atoms with E-state index in [0.29, 0.717) is 4.88 Å². The number of thioether (sulfide) groups is 1. The smallest absolute Gasteiger partial charge is 0.279 e. The molecule has 0 saturated heterocycles. The van der Waals surface area contributed by atoms with Crippen LogP contribution in [0, 0.1) is 0 Å². The summed E-state index contributed by atoms with van der Waals surface area (Å²) in [4.78, 5) is 24.8. The molecule has 5 nitrogen and oxygen atoms in total. The van der Waals surface area contributed by atoms with Crippen molar-refractivity contribution >= 4 is 34.9 Å². The molecule has 0 unspecified atom stereocenters. The second-order valence-electron chi connectivity index (χ2n) is 3.92. The lowest BCUT2D eigenvalue weighted by Crippen LogP contribution is -2.42. The Balaban J connectivity index is 1.78. The van der Waals surface area contributed by atoms with Crippen LogP contribution in [0.5, 0.6) is 5.75 Å². The van der Waals surface area contributed by atoms with E-state index in [-0.39, 0.29) is 17.6 Å². The highest BCUT2D eigenvalue weighted by Gasteiger charge is 2.09. The van der Waals surface area contributed by atoms with Gasteiger partial charge in [-0.15, -0.1) is 23.1 Å². The minimum absolute atomic E-state index is 0.186. The van der Waals surface area contributed by atoms with Gasteiger partial charge < -0.3 is 4.74 Å². The Morgan fingerprint density at radius 2 is 2.00 bits per heavy atom. The molecule has 7 heteroatoms. The van der Waals surface area contributed by atoms with Gasteiger partial charge in [0.15, 0.2) is 0 Å². The molecule has 21 heavy (non-hydrogen) atoms. The van der Waals surface area contributed by atoms with Crippen molar-refractivity contribution in [1.29, 1.82) is 0 Å². The van der Waals surface area contributed by atoms with Crippen LogP contribution in [-0.4, -0.2) is 24.7 Å². The fourth-order valence-corrected chi connectivity index (χ4v) is 2.96. The number of hydrogen-bond donors (Lipinski definition) is 2. The second-order valence-corrected chi connectivity index (χ2v) is 5.88. The average molecular weight is 322 g/mol. The third-order valence-corrected chi connectivity index (χ3v) is 4.41. The zero-order valence-corrected chi connectivity index (χ0v) is 12.9. The molecule has 0 spiro atoms. The molecule has 2 amide bonds. The van der Waals surface area contributed by atoms with E-state index < -0.39 is 0 Å². The third-order valence-electron chi connectivity index (χ3n) is 2.49. The molecule has 0 aliphatic heterocycles. The van der Waals surface area contributed by atoms with Crippen LogP contribution in [0.2, 0.25) is 0 Å². The molecule has 0 bridgehead atoms. The Morgan fingerprint density at radius 3 is 2.71 bits per heavy atom. The Bertz CT molecular complexity index is 614. The second kappa shape index (κ2) is 7.70. The SMILES string of the molecule is COc1ccccc1SCC(=O)NNC(=O)c1cccs1. The van der Waals surface area contributed by atoms with Crippen LogP contribution in [-0.2, 0) is 4.79 Å². The highest BCUT2D eigenvalue weighted by Crippen LogP contribution is 2.28. The van der Waals surface area contributed by atoms with E-state index in [2.05, 4.69) is 10.9 Å². The summed E-state index contributed by atoms with van der Waals surface area (Å²) in [6.07, 6.45) is 0. The number of carbonyl (C=O) groups excluding carboxylic acids is 2. The molecule has 2 aromatic rings. The van der Waals surface area contributed by atoms with E-state index in [1.807, 2.05) is 24.3 Å². The number of para-hydroxylation sites is 1. The molecule has 0 fully saturated rings. The molecule has 1 heterocycles. The number of nitrogens with one attached hydrogen (secondary N) is 2. The van der Waals surface area contributed by atoms with Crippen LogP contribution in [0.3, 0.4) is 0 Å². The zero-order valence-electron chi connectivity index (χ0n) is 11.3. The zero-order chi connectivity index (χ0) is 15.1. The molecule has 0 aliphatic carbocycles. The van der Waals surface area contributed by atoms with Crippen molar-refractivity contribution in [2.24, 2.45) is 0 Å². The molecule has 1 aromatic heterocycles. The Morgan fingerprint density at radius 1 is 1.19 bits per heavy atom. The van der Waals surface area contributed by atoms with Gasteiger partial charge in [-0.1, -0.05) is 18.2 Å². The molecule has 0 saturated carbocycles. The fraction of sp³-hybridized carbons (Fsp3) is 0.143. The van der Waals surface area contributed by atoms with E-state index in [9.17, 15) is 9.59 Å². The Kier molecular flexibility index (Phi) is 5.65. The monoisotopic (exact) mass is 322 g/mol. The van der Waals surface area contributed by atoms with Gasteiger partial charge in [-0.05, 0) is 23.6 Å². The summed E-state index contributed by atoms with van der Waals surface area (Å²) in [5.74, 6) is 0.305. The van der Waals surface area contributed by atoms with E-state index in [1.165, 1.54) is 23.1 Å². The molecule has 2 rings (SSSR count). The number of hydrazine groups is 1. The number of benzene rings is 1. The molecule has 110 valence electrons. The molecule has 0 aliphatic rings. The predicted octanol–water partition coefficient (Wildman–Crippen LogP) is 2.31. The van der Waals surface area contributed by atoms with Crippen LogP contribution in [0.25, 0.3) is 0 Å². The van der Waals surface area contributed by atoms with E-state index in [0.717, 1.165) is 10.6 Å². The van der Waals surface area contributed by atoms with Crippen LogP contribution < -0.4 is 15.6 Å². The molecule has 0 atom stereocenters. The predicted molar refractivity (Wildman–Crippen MR) is 83.6 cm³/mol. The maximum Gasteiger partial charge on any atom is 0.279 e. The van der Waals surface area contributed by atoms with Crippen LogP contribution in [0.4, 0.5) is 0 Å². The highest BCUT2D eigenvalue weighted by atomic mass is 32.2. The van der Waals surface area contributed by atoms with E-state index in [4.69, 9.17) is 4.74 Å². The van der Waals surface area contributed by atoms with Crippen molar-refractivity contribution in [3.8, 4) is 5.75 Å². The minimum Gasteiger partial charge on any atom is -0.496 e. The fourth-order valence-electron chi connectivity index (χ4n) is 1.51. The largest absolute Gasteiger partial charge is 0.496 e. The maximum atomic E-state index is 11.7. The van der Waals surface area contributed by atoms with E-state index in [1.54, 1.807) is 24.6 Å². The van der Waals surface area contributed by atoms with Gasteiger partial charge >= 0.3 is 0 Å². The van der Waals surface area contributed by atoms with Gasteiger partial charge in [-0.3, -0.25) is 20.4 Å². The third kappa shape index (κ3) is 4.51. The summed E-state index contributed by atoms with van der Waals surface area (Å²) in [6.45, 7) is 0. The number of ether oxygens (including phenoxy) is 1. The van der Waals surface area contributed by atoms with Crippen molar-refractivity contribution in [2.75, 3.05) is 12.9 Å². The standard InChI is InChI=1S/C14H14N2O3S2/c1-19-10-5-2-3-6-11(10)21-9-13(17)15-16-14(18)12-7-4-8-20-12/h2-8H,9H2,1H3,(H,15,17)(H,16,18). The normalized spacial score (nSPS) is 9.95. The van der Waals surface area contributed by atoms with Gasteiger partial charge in [0.25, 0.3) is 5.91 Å². The summed E-state index contributed by atoms with van der Waals surface area (Å²) in [5, 5.41) is 1.80. The summed E-state index contributed by atoms with van der Waals surface area (Å²) in [6, 6.07) is 10.9. The number of rotatable bonds is 5. The summed E-state index contributed by atoms with van der Waals surface area (Å²) in [7, 11) is 1.58. The van der Waals surface area contributed by atoms with Gasteiger partial charge in [-0.2, -0.15) is 0 Å². The minimum atomic E-state index is -0.319. The first-order chi connectivity index (χ1) is 10.2. The van der Waals surface area contributed by atoms with Crippen molar-refractivity contribution in [3.05, 3.63) is 46.7 Å². The summed E-state index contributed by atoms with van der Waals surface area (Å²) in [5.41, 5.74) is 4.76. The van der Waals surface area contributed by atoms with Crippen molar-refractivity contribution in [2.45, 2.75) is 4.90 Å². The molecule has 1 aromatic carbocycles. The quantitative estimate of drug-likeness (QED) is 0.655. The first-order valence-corrected chi connectivity index (χ1v) is 7.95. The number of hydrogen-bond acceptors (Lipinski definition) is 5. The lowest BCUT2D eigenvalue weighted by atomic mass is 10.3. The van der Waals surface area contributed by atoms with Crippen molar-refractivity contribution in [1.82, 2.24) is 10.9 Å².